The standard InChI is InChI=1S/C25H24BrClN2O4S/c1-16-4-11-23(33-3)24(12-16)34(31,32)28(21-8-6-20(27)7-9-21)15-25(30)29-17(2)13-18-14-19(26)5-10-22(18)29/h4-12,14,17H,13,15H2,1-3H3/t17-/m0/s1. The van der Waals surface area contributed by atoms with Crippen LogP contribution in [0.4, 0.5) is 11.4 Å². The second-order valence-electron chi connectivity index (χ2n) is 8.23. The second-order valence-corrected chi connectivity index (χ2v) is 11.4. The molecule has 1 aliphatic rings. The van der Waals surface area contributed by atoms with Crippen LogP contribution in [-0.2, 0) is 21.2 Å². The average molecular weight is 564 g/mol. The Hall–Kier alpha value is -2.55. The summed E-state index contributed by atoms with van der Waals surface area (Å²) in [6.07, 6.45) is 0.694. The molecule has 178 valence electrons. The number of benzene rings is 3. The first-order chi connectivity index (χ1) is 16.1. The number of halogens is 2. The molecule has 0 saturated heterocycles. The molecule has 3 aromatic rings. The number of nitrogens with zero attached hydrogens (tertiary/aromatic N) is 2. The Morgan fingerprint density at radius 1 is 1.15 bits per heavy atom. The van der Waals surface area contributed by atoms with Gasteiger partial charge in [0.15, 0.2) is 0 Å². The third kappa shape index (κ3) is 4.67. The zero-order valence-electron chi connectivity index (χ0n) is 19.0. The highest BCUT2D eigenvalue weighted by Gasteiger charge is 2.36. The number of carbonyl (C=O) groups is 1. The summed E-state index contributed by atoms with van der Waals surface area (Å²) in [5, 5.41) is 0.466. The van der Waals surface area contributed by atoms with E-state index in [1.807, 2.05) is 25.1 Å². The van der Waals surface area contributed by atoms with E-state index in [4.69, 9.17) is 16.3 Å². The van der Waals surface area contributed by atoms with E-state index in [-0.39, 0.29) is 29.1 Å². The molecule has 4 rings (SSSR count). The third-order valence-electron chi connectivity index (χ3n) is 5.81. The summed E-state index contributed by atoms with van der Waals surface area (Å²) in [5.74, 6) is -0.111. The molecule has 1 heterocycles. The van der Waals surface area contributed by atoms with Gasteiger partial charge in [0, 0.05) is 21.2 Å². The van der Waals surface area contributed by atoms with E-state index in [9.17, 15) is 13.2 Å². The molecule has 0 saturated carbocycles. The van der Waals surface area contributed by atoms with Gasteiger partial charge in [-0.05, 0) is 86.0 Å². The van der Waals surface area contributed by atoms with Crippen molar-refractivity contribution in [3.8, 4) is 5.75 Å². The maximum atomic E-state index is 13.9. The van der Waals surface area contributed by atoms with Crippen molar-refractivity contribution in [2.75, 3.05) is 22.9 Å². The molecule has 6 nitrogen and oxygen atoms in total. The van der Waals surface area contributed by atoms with E-state index < -0.39 is 10.0 Å². The van der Waals surface area contributed by atoms with E-state index in [1.165, 1.54) is 7.11 Å². The van der Waals surface area contributed by atoms with Gasteiger partial charge in [-0.15, -0.1) is 0 Å². The van der Waals surface area contributed by atoms with Crippen LogP contribution in [-0.4, -0.2) is 34.0 Å². The molecule has 3 aromatic carbocycles. The fourth-order valence-electron chi connectivity index (χ4n) is 4.21. The van der Waals surface area contributed by atoms with Crippen molar-refractivity contribution < 1.29 is 17.9 Å². The predicted octanol–water partition coefficient (Wildman–Crippen LogP) is 5.59. The van der Waals surface area contributed by atoms with Crippen molar-refractivity contribution in [1.29, 1.82) is 0 Å². The third-order valence-corrected chi connectivity index (χ3v) is 8.35. The fourth-order valence-corrected chi connectivity index (χ4v) is 6.40. The maximum Gasteiger partial charge on any atom is 0.268 e. The van der Waals surface area contributed by atoms with Gasteiger partial charge in [-0.1, -0.05) is 33.6 Å². The summed E-state index contributed by atoms with van der Waals surface area (Å²) in [5.41, 5.74) is 2.93. The summed E-state index contributed by atoms with van der Waals surface area (Å²) < 4.78 is 35.2. The van der Waals surface area contributed by atoms with Crippen molar-refractivity contribution in [3.63, 3.8) is 0 Å². The zero-order chi connectivity index (χ0) is 24.6. The van der Waals surface area contributed by atoms with Crippen LogP contribution in [0.15, 0.2) is 70.0 Å². The topological polar surface area (TPSA) is 66.9 Å². The van der Waals surface area contributed by atoms with Crippen molar-refractivity contribution in [3.05, 3.63) is 81.3 Å². The molecule has 9 heteroatoms. The number of carbonyl (C=O) groups excluding carboxylic acids is 1. The molecule has 0 radical (unpaired) electrons. The molecule has 0 aliphatic carbocycles. The lowest BCUT2D eigenvalue weighted by Gasteiger charge is -2.29. The minimum atomic E-state index is -4.15. The number of ether oxygens (including phenoxy) is 1. The SMILES string of the molecule is COc1ccc(C)cc1S(=O)(=O)N(CC(=O)N1c2ccc(Br)cc2C[C@@H]1C)c1ccc(Cl)cc1. The normalized spacial score (nSPS) is 15.2. The van der Waals surface area contributed by atoms with Gasteiger partial charge in [0.25, 0.3) is 10.0 Å². The van der Waals surface area contributed by atoms with E-state index in [0.717, 1.165) is 25.6 Å². The number of methoxy groups -OCH3 is 1. The number of hydrogen-bond acceptors (Lipinski definition) is 4. The molecule has 0 bridgehead atoms. The second kappa shape index (κ2) is 9.60. The van der Waals surface area contributed by atoms with Crippen LogP contribution in [0.2, 0.25) is 5.02 Å². The highest BCUT2D eigenvalue weighted by Crippen LogP contribution is 2.36. The first-order valence-electron chi connectivity index (χ1n) is 10.6. The van der Waals surface area contributed by atoms with Crippen LogP contribution in [0.5, 0.6) is 5.75 Å². The van der Waals surface area contributed by atoms with Gasteiger partial charge in [-0.2, -0.15) is 0 Å². The van der Waals surface area contributed by atoms with Crippen molar-refractivity contribution in [2.24, 2.45) is 0 Å². The minimum Gasteiger partial charge on any atom is -0.495 e. The van der Waals surface area contributed by atoms with Crippen LogP contribution in [0, 0.1) is 6.92 Å². The summed E-state index contributed by atoms with van der Waals surface area (Å²) in [7, 11) is -2.73. The largest absolute Gasteiger partial charge is 0.495 e. The number of sulfonamides is 1. The quantitative estimate of drug-likeness (QED) is 0.392. The molecule has 34 heavy (non-hydrogen) atoms. The molecule has 1 aliphatic heterocycles. The van der Waals surface area contributed by atoms with Crippen LogP contribution in [0.25, 0.3) is 0 Å². The molecule has 1 atom stereocenters. The molecule has 0 fully saturated rings. The van der Waals surface area contributed by atoms with Crippen LogP contribution in [0.3, 0.4) is 0 Å². The lowest BCUT2D eigenvalue weighted by atomic mass is 10.1. The molecule has 0 aromatic heterocycles. The van der Waals surface area contributed by atoms with Gasteiger partial charge in [-0.25, -0.2) is 8.42 Å². The average Bonchev–Trinajstić information content (AvgIpc) is 3.12. The molecule has 0 N–H and O–H groups in total. The number of fused-ring (bicyclic) bond motifs is 1. The highest BCUT2D eigenvalue weighted by molar-refractivity contribution is 9.10. The number of anilines is 2. The lowest BCUT2D eigenvalue weighted by molar-refractivity contribution is -0.117. The summed E-state index contributed by atoms with van der Waals surface area (Å²) in [4.78, 5) is 15.3. The monoisotopic (exact) mass is 562 g/mol. The van der Waals surface area contributed by atoms with Gasteiger partial charge in [0.2, 0.25) is 5.91 Å². The lowest BCUT2D eigenvalue weighted by Crippen LogP contribution is -2.45. The van der Waals surface area contributed by atoms with E-state index in [1.54, 1.807) is 54.3 Å². The number of hydrogen-bond donors (Lipinski definition) is 0. The zero-order valence-corrected chi connectivity index (χ0v) is 22.1. The Bertz CT molecular complexity index is 1350. The first kappa shape index (κ1) is 24.6. The van der Waals surface area contributed by atoms with E-state index >= 15 is 0 Å². The highest BCUT2D eigenvalue weighted by atomic mass is 79.9. The van der Waals surface area contributed by atoms with Crippen LogP contribution >= 0.6 is 27.5 Å². The molecule has 1 amide bonds. The Labute approximate surface area is 213 Å². The summed E-state index contributed by atoms with van der Waals surface area (Å²) >= 11 is 9.52. The maximum absolute atomic E-state index is 13.9. The van der Waals surface area contributed by atoms with Crippen molar-refractivity contribution in [2.45, 2.75) is 31.2 Å². The molecular formula is C25H24BrClN2O4S. The Balaban J connectivity index is 1.77. The Morgan fingerprint density at radius 2 is 1.85 bits per heavy atom. The summed E-state index contributed by atoms with van der Waals surface area (Å²) in [6.45, 7) is 3.38. The first-order valence-corrected chi connectivity index (χ1v) is 13.3. The van der Waals surface area contributed by atoms with Gasteiger partial charge >= 0.3 is 0 Å². The Morgan fingerprint density at radius 3 is 2.53 bits per heavy atom. The summed E-state index contributed by atoms with van der Waals surface area (Å²) in [6, 6.07) is 17.0. The van der Waals surface area contributed by atoms with Gasteiger partial charge < -0.3 is 9.64 Å². The van der Waals surface area contributed by atoms with Gasteiger partial charge in [0.1, 0.15) is 17.2 Å². The molecular weight excluding hydrogens is 540 g/mol. The van der Waals surface area contributed by atoms with E-state index in [0.29, 0.717) is 17.1 Å². The smallest absolute Gasteiger partial charge is 0.268 e. The van der Waals surface area contributed by atoms with Gasteiger partial charge in [-0.3, -0.25) is 9.10 Å². The molecule has 0 unspecified atom stereocenters. The van der Waals surface area contributed by atoms with Crippen LogP contribution < -0.4 is 13.9 Å². The van der Waals surface area contributed by atoms with Crippen molar-refractivity contribution in [1.82, 2.24) is 0 Å². The minimum absolute atomic E-state index is 0.00319. The number of rotatable bonds is 6. The number of aryl methyl sites for hydroxylation is 1. The van der Waals surface area contributed by atoms with Gasteiger partial charge in [0.05, 0.1) is 12.8 Å². The Kier molecular flexibility index (Phi) is 6.94. The fraction of sp³-hybridized carbons (Fsp3) is 0.240. The molecule has 0 spiro atoms. The van der Waals surface area contributed by atoms with Crippen molar-refractivity contribution >= 4 is 54.8 Å². The van der Waals surface area contributed by atoms with Crippen LogP contribution in [0.1, 0.15) is 18.1 Å². The van der Waals surface area contributed by atoms with E-state index in [2.05, 4.69) is 15.9 Å². The number of amides is 1. The predicted molar refractivity (Wildman–Crippen MR) is 139 cm³/mol.